The van der Waals surface area contributed by atoms with Crippen molar-refractivity contribution < 1.29 is 29.0 Å². The smallest absolute Gasteiger partial charge is 0.326 e. The molecule has 1 amide bonds. The van der Waals surface area contributed by atoms with Crippen molar-refractivity contribution in [1.82, 2.24) is 4.90 Å². The Morgan fingerprint density at radius 2 is 1.90 bits per heavy atom. The lowest BCUT2D eigenvalue weighted by atomic mass is 10.1. The number of carbonyl (C=O) groups excluding carboxylic acids is 1. The van der Waals surface area contributed by atoms with E-state index < -0.39 is 30.3 Å². The van der Waals surface area contributed by atoms with E-state index in [4.69, 9.17) is 33.3 Å². The van der Waals surface area contributed by atoms with Crippen LogP contribution in [0.1, 0.15) is 18.6 Å². The molecule has 1 aromatic heterocycles. The van der Waals surface area contributed by atoms with E-state index in [1.807, 2.05) is 0 Å². The third-order valence-corrected chi connectivity index (χ3v) is 5.66. The molecule has 1 aliphatic heterocycles. The number of nitrogens with zero attached hydrogens (tertiary/aromatic N) is 1. The monoisotopic (exact) mass is 451 g/mol. The molecule has 0 spiro atoms. The summed E-state index contributed by atoms with van der Waals surface area (Å²) in [6.07, 6.45) is 0.844. The van der Waals surface area contributed by atoms with Crippen LogP contribution in [0.3, 0.4) is 0 Å². The summed E-state index contributed by atoms with van der Waals surface area (Å²) in [6.45, 7) is 0. The van der Waals surface area contributed by atoms with E-state index in [2.05, 4.69) is 0 Å². The maximum absolute atomic E-state index is 12.7. The SMILES string of the molecule is O=C(O)CC[C@H](C(=O)O)N1C(=O)/C(=C\c2ccc(-c3ccc(Cl)cc3)o2)SC1=S. The molecule has 1 saturated heterocycles. The molecule has 1 fully saturated rings. The number of amides is 1. The topological polar surface area (TPSA) is 108 Å². The van der Waals surface area contributed by atoms with Crippen molar-refractivity contribution in [2.24, 2.45) is 0 Å². The molecular formula is C19H14ClNO6S2. The highest BCUT2D eigenvalue weighted by Crippen LogP contribution is 2.35. The first kappa shape index (κ1) is 21.1. The fourth-order valence-electron chi connectivity index (χ4n) is 2.70. The molecular weight excluding hydrogens is 438 g/mol. The number of rotatable bonds is 7. The van der Waals surface area contributed by atoms with Gasteiger partial charge in [-0.2, -0.15) is 0 Å². The first-order chi connectivity index (χ1) is 13.8. The standard InChI is InChI=1S/C19H14ClNO6S2/c20-11-3-1-10(2-4-11)14-7-5-12(27-14)9-15-17(24)21(19(28)29-15)13(18(25)26)6-8-16(22)23/h1-5,7,9,13H,6,8H2,(H,22,23)(H,25,26)/b15-9+/t13-/m1/s1. The number of aliphatic carboxylic acids is 2. The molecule has 2 aromatic rings. The van der Waals surface area contributed by atoms with Gasteiger partial charge in [0.05, 0.1) is 4.91 Å². The largest absolute Gasteiger partial charge is 0.481 e. The zero-order chi connectivity index (χ0) is 21.1. The van der Waals surface area contributed by atoms with Crippen molar-refractivity contribution in [2.75, 3.05) is 0 Å². The number of furan rings is 1. The minimum Gasteiger partial charge on any atom is -0.481 e. The number of carbonyl (C=O) groups is 3. The van der Waals surface area contributed by atoms with E-state index in [9.17, 15) is 19.5 Å². The number of thioether (sulfide) groups is 1. The zero-order valence-corrected chi connectivity index (χ0v) is 17.1. The van der Waals surface area contributed by atoms with Gasteiger partial charge in [-0.05, 0) is 42.8 Å². The summed E-state index contributed by atoms with van der Waals surface area (Å²) in [4.78, 5) is 36.2. The van der Waals surface area contributed by atoms with Crippen LogP contribution in [0.15, 0.2) is 45.7 Å². The Labute approximate surface area is 179 Å². The third-order valence-electron chi connectivity index (χ3n) is 4.08. The van der Waals surface area contributed by atoms with E-state index in [1.165, 1.54) is 6.08 Å². The summed E-state index contributed by atoms with van der Waals surface area (Å²) >= 11 is 12.0. The molecule has 3 rings (SSSR count). The fourth-order valence-corrected chi connectivity index (χ4v) is 4.16. The van der Waals surface area contributed by atoms with Gasteiger partial charge in [0.25, 0.3) is 5.91 Å². The van der Waals surface area contributed by atoms with E-state index in [0.29, 0.717) is 16.5 Å². The lowest BCUT2D eigenvalue weighted by molar-refractivity contribution is -0.146. The molecule has 150 valence electrons. The number of halogens is 1. The first-order valence-corrected chi connectivity index (χ1v) is 9.94. The Hall–Kier alpha value is -2.62. The number of thiocarbonyl (C=S) groups is 1. The van der Waals surface area contributed by atoms with Crippen LogP contribution in [0.5, 0.6) is 0 Å². The minimum absolute atomic E-state index is 0.0588. The van der Waals surface area contributed by atoms with Gasteiger partial charge < -0.3 is 14.6 Å². The van der Waals surface area contributed by atoms with Crippen LogP contribution in [0.4, 0.5) is 0 Å². The molecule has 2 heterocycles. The number of carboxylic acids is 2. The van der Waals surface area contributed by atoms with Gasteiger partial charge in [0.15, 0.2) is 0 Å². The molecule has 2 N–H and O–H groups in total. The second-order valence-corrected chi connectivity index (χ2v) is 8.16. The van der Waals surface area contributed by atoms with Gasteiger partial charge in [-0.3, -0.25) is 14.5 Å². The van der Waals surface area contributed by atoms with Crippen LogP contribution in [-0.2, 0) is 14.4 Å². The van der Waals surface area contributed by atoms with Gasteiger partial charge in [-0.1, -0.05) is 35.6 Å². The van der Waals surface area contributed by atoms with Crippen LogP contribution in [0.25, 0.3) is 17.4 Å². The molecule has 0 radical (unpaired) electrons. The molecule has 0 unspecified atom stereocenters. The molecule has 10 heteroatoms. The van der Waals surface area contributed by atoms with Gasteiger partial charge in [0.1, 0.15) is 21.9 Å². The van der Waals surface area contributed by atoms with E-state index >= 15 is 0 Å². The van der Waals surface area contributed by atoms with Crippen LogP contribution in [-0.4, -0.2) is 43.3 Å². The number of hydrogen-bond donors (Lipinski definition) is 2. The summed E-state index contributed by atoms with van der Waals surface area (Å²) in [5.74, 6) is -2.09. The van der Waals surface area contributed by atoms with E-state index in [1.54, 1.807) is 36.4 Å². The second-order valence-electron chi connectivity index (χ2n) is 6.05. The normalized spacial score (nSPS) is 16.4. The Morgan fingerprint density at radius 1 is 1.21 bits per heavy atom. The van der Waals surface area contributed by atoms with Gasteiger partial charge in [0.2, 0.25) is 0 Å². The van der Waals surface area contributed by atoms with Crippen molar-refractivity contribution in [2.45, 2.75) is 18.9 Å². The average Bonchev–Trinajstić information content (AvgIpc) is 3.22. The van der Waals surface area contributed by atoms with Crippen molar-refractivity contribution in [3.05, 3.63) is 52.1 Å². The molecule has 0 saturated carbocycles. The molecule has 29 heavy (non-hydrogen) atoms. The maximum Gasteiger partial charge on any atom is 0.326 e. The highest BCUT2D eigenvalue weighted by Gasteiger charge is 2.40. The average molecular weight is 452 g/mol. The first-order valence-electron chi connectivity index (χ1n) is 8.33. The Bertz CT molecular complexity index is 1010. The van der Waals surface area contributed by atoms with Gasteiger partial charge >= 0.3 is 11.9 Å². The lowest BCUT2D eigenvalue weighted by Gasteiger charge is -2.22. The van der Waals surface area contributed by atoms with E-state index in [-0.39, 0.29) is 15.6 Å². The molecule has 1 aliphatic rings. The van der Waals surface area contributed by atoms with Crippen LogP contribution < -0.4 is 0 Å². The molecule has 0 aliphatic carbocycles. The molecule has 1 aromatic carbocycles. The Kier molecular flexibility index (Phi) is 6.41. The fraction of sp³-hybridized carbons (Fsp3) is 0.158. The highest BCUT2D eigenvalue weighted by molar-refractivity contribution is 8.26. The number of carboxylic acid groups (broad SMARTS) is 2. The highest BCUT2D eigenvalue weighted by atomic mass is 35.5. The maximum atomic E-state index is 12.7. The summed E-state index contributed by atoms with van der Waals surface area (Å²) in [5.41, 5.74) is 0.807. The van der Waals surface area contributed by atoms with Crippen molar-refractivity contribution in [3.63, 3.8) is 0 Å². The van der Waals surface area contributed by atoms with Crippen LogP contribution >= 0.6 is 35.6 Å². The van der Waals surface area contributed by atoms with Crippen LogP contribution in [0, 0.1) is 0 Å². The number of hydrogen-bond acceptors (Lipinski definition) is 6. The van der Waals surface area contributed by atoms with Gasteiger partial charge in [-0.15, -0.1) is 0 Å². The summed E-state index contributed by atoms with van der Waals surface area (Å²) in [6, 6.07) is 9.12. The third kappa shape index (κ3) is 4.87. The quantitative estimate of drug-likeness (QED) is 0.478. The second kappa shape index (κ2) is 8.81. The van der Waals surface area contributed by atoms with E-state index in [0.717, 1.165) is 22.2 Å². The van der Waals surface area contributed by atoms with Crippen LogP contribution in [0.2, 0.25) is 5.02 Å². The molecule has 7 nitrogen and oxygen atoms in total. The van der Waals surface area contributed by atoms with Crippen molar-refractivity contribution in [3.8, 4) is 11.3 Å². The predicted octanol–water partition coefficient (Wildman–Crippen LogP) is 4.12. The summed E-state index contributed by atoms with van der Waals surface area (Å²) < 4.78 is 5.80. The lowest BCUT2D eigenvalue weighted by Crippen LogP contribution is -2.44. The van der Waals surface area contributed by atoms with Crippen molar-refractivity contribution >= 4 is 63.8 Å². The zero-order valence-electron chi connectivity index (χ0n) is 14.7. The van der Waals surface area contributed by atoms with Crippen molar-refractivity contribution in [1.29, 1.82) is 0 Å². The minimum atomic E-state index is -1.34. The Morgan fingerprint density at radius 3 is 2.52 bits per heavy atom. The number of benzene rings is 1. The Balaban J connectivity index is 1.81. The predicted molar refractivity (Wildman–Crippen MR) is 112 cm³/mol. The molecule has 1 atom stereocenters. The van der Waals surface area contributed by atoms with Gasteiger partial charge in [-0.25, -0.2) is 4.79 Å². The summed E-state index contributed by atoms with van der Waals surface area (Å²) in [7, 11) is 0. The van der Waals surface area contributed by atoms with Gasteiger partial charge in [0, 0.05) is 23.1 Å². The summed E-state index contributed by atoms with van der Waals surface area (Å²) in [5, 5.41) is 18.8. The molecule has 0 bridgehead atoms.